The summed E-state index contributed by atoms with van der Waals surface area (Å²) in [7, 11) is -8.11. The molecule has 66 heavy (non-hydrogen) atoms. The van der Waals surface area contributed by atoms with E-state index in [0.717, 1.165) is 48.1 Å². The smallest absolute Gasteiger partial charge is 0.494 e. The van der Waals surface area contributed by atoms with Gasteiger partial charge in [-0.1, -0.05) is 86.1 Å². The van der Waals surface area contributed by atoms with Crippen molar-refractivity contribution in [3.8, 4) is 11.5 Å². The van der Waals surface area contributed by atoms with Gasteiger partial charge in [0.2, 0.25) is 0 Å². The van der Waals surface area contributed by atoms with Gasteiger partial charge in [0.1, 0.15) is 16.4 Å². The molecule has 0 saturated carbocycles. The van der Waals surface area contributed by atoms with Gasteiger partial charge in [-0.3, -0.25) is 9.44 Å². The molecule has 0 aliphatic rings. The number of hydrogen-bond acceptors (Lipinski definition) is 8. The third kappa shape index (κ3) is 15.4. The van der Waals surface area contributed by atoms with E-state index in [-0.39, 0.29) is 21.7 Å². The normalized spacial score (nSPS) is 11.5. The van der Waals surface area contributed by atoms with Gasteiger partial charge in [0.25, 0.3) is 20.0 Å². The highest BCUT2D eigenvalue weighted by atomic mass is 32.2. The number of benzene rings is 6. The number of para-hydroxylation sites is 3. The van der Waals surface area contributed by atoms with Crippen molar-refractivity contribution in [2.75, 3.05) is 16.1 Å². The number of rotatable bonds is 21. The number of unbranched alkanes of at least 4 members (excludes halogenated alkanes) is 1. The largest absolute Gasteiger partial charge is 0.573 e. The van der Waals surface area contributed by atoms with Crippen LogP contribution >= 0.6 is 0 Å². The fourth-order valence-electron chi connectivity index (χ4n) is 6.70. The van der Waals surface area contributed by atoms with Crippen LogP contribution in [0.15, 0.2) is 155 Å². The molecule has 6 aromatic carbocycles. The van der Waals surface area contributed by atoms with Crippen molar-refractivity contribution in [1.29, 1.82) is 0 Å². The maximum Gasteiger partial charge on any atom is 0.573 e. The van der Waals surface area contributed by atoms with Gasteiger partial charge in [0, 0.05) is 0 Å². The summed E-state index contributed by atoms with van der Waals surface area (Å²) in [5, 5.41) is 18.2. The van der Waals surface area contributed by atoms with Gasteiger partial charge in [-0.15, -0.1) is 13.2 Å². The van der Waals surface area contributed by atoms with Crippen LogP contribution in [0.5, 0.6) is 11.5 Å². The molecular formula is C49H49F3N2O10S2. The molecule has 0 radical (unpaired) electrons. The number of carboxylic acids is 2. The van der Waals surface area contributed by atoms with Crippen LogP contribution in [-0.2, 0) is 45.7 Å². The first-order valence-corrected chi connectivity index (χ1v) is 23.8. The van der Waals surface area contributed by atoms with Crippen molar-refractivity contribution in [1.82, 2.24) is 0 Å². The topological polar surface area (TPSA) is 185 Å². The van der Waals surface area contributed by atoms with Crippen LogP contribution < -0.4 is 18.9 Å². The van der Waals surface area contributed by atoms with E-state index in [1.807, 2.05) is 18.2 Å². The van der Waals surface area contributed by atoms with Crippen LogP contribution in [0.2, 0.25) is 0 Å². The fraction of sp³-hybridized carbons (Fsp3) is 0.224. The van der Waals surface area contributed by atoms with E-state index in [0.29, 0.717) is 55.7 Å². The highest BCUT2D eigenvalue weighted by Crippen LogP contribution is 2.32. The van der Waals surface area contributed by atoms with Gasteiger partial charge in [0.05, 0.1) is 34.0 Å². The lowest BCUT2D eigenvalue weighted by Gasteiger charge is -2.16. The average Bonchev–Trinajstić information content (AvgIpc) is 3.28. The van der Waals surface area contributed by atoms with E-state index >= 15 is 0 Å². The standard InChI is InChI=1S/C26H29NO5S.C23H20F3NO5S/c1-2-3-18-32-23-14-16-24(17-15-23)33(30,31)27-25-13-5-4-10-21(25)11-6-8-20-9-7-12-22(19-20)26(28)29;24-23(25,26)32-20-13-3-4-14-21(20)33(30,31)27-19-12-2-1-9-17(19)10-5-7-16-8-6-11-18(15-16)22(28)29/h4-5,7,9-10,12-17,19,27H,2-3,6,8,11,18H2,1H3,(H,28,29);1-4,6,8-9,11-15,27H,5,7,10H2,(H,28,29). The van der Waals surface area contributed by atoms with Crippen molar-refractivity contribution >= 4 is 43.4 Å². The Kier molecular flexibility index (Phi) is 17.8. The zero-order valence-corrected chi connectivity index (χ0v) is 37.5. The summed E-state index contributed by atoms with van der Waals surface area (Å²) in [6, 6.07) is 38.2. The van der Waals surface area contributed by atoms with Crippen LogP contribution in [0, 0.1) is 0 Å². The third-order valence-electron chi connectivity index (χ3n) is 9.96. The zero-order chi connectivity index (χ0) is 47.7. The minimum Gasteiger partial charge on any atom is -0.494 e. The second-order valence-electron chi connectivity index (χ2n) is 14.9. The molecular weight excluding hydrogens is 898 g/mol. The average molecular weight is 947 g/mol. The summed E-state index contributed by atoms with van der Waals surface area (Å²) >= 11 is 0. The Labute approximate surface area is 382 Å². The van der Waals surface area contributed by atoms with E-state index < -0.39 is 49.0 Å². The van der Waals surface area contributed by atoms with Crippen molar-refractivity contribution in [2.24, 2.45) is 0 Å². The molecule has 0 aromatic heterocycles. The quantitative estimate of drug-likeness (QED) is 0.0506. The Morgan fingerprint density at radius 2 is 1.06 bits per heavy atom. The first-order valence-electron chi connectivity index (χ1n) is 20.9. The molecule has 6 aromatic rings. The number of aryl methyl sites for hydroxylation is 4. The Hall–Kier alpha value is -6.85. The Bertz CT molecular complexity index is 2800. The highest BCUT2D eigenvalue weighted by molar-refractivity contribution is 7.93. The van der Waals surface area contributed by atoms with Crippen LogP contribution in [-0.4, -0.2) is 52.0 Å². The molecule has 0 saturated heterocycles. The lowest BCUT2D eigenvalue weighted by molar-refractivity contribution is -0.275. The maximum absolute atomic E-state index is 12.9. The predicted octanol–water partition coefficient (Wildman–Crippen LogP) is 10.8. The van der Waals surface area contributed by atoms with E-state index in [2.05, 4.69) is 21.1 Å². The molecule has 4 N–H and O–H groups in total. The molecule has 0 atom stereocenters. The number of anilines is 2. The lowest BCUT2D eigenvalue weighted by Crippen LogP contribution is -2.21. The summed E-state index contributed by atoms with van der Waals surface area (Å²) in [6.45, 7) is 2.69. The van der Waals surface area contributed by atoms with Gasteiger partial charge in [-0.2, -0.15) is 0 Å². The Morgan fingerprint density at radius 1 is 0.576 bits per heavy atom. The summed E-state index contributed by atoms with van der Waals surface area (Å²) in [5.74, 6) is -2.15. The Balaban J connectivity index is 0.000000247. The summed E-state index contributed by atoms with van der Waals surface area (Å²) in [6.07, 6.45) is 0.652. The summed E-state index contributed by atoms with van der Waals surface area (Å²) in [4.78, 5) is 21.8. The number of carbonyl (C=O) groups is 2. The van der Waals surface area contributed by atoms with E-state index in [4.69, 9.17) is 14.9 Å². The summed E-state index contributed by atoms with van der Waals surface area (Å²) in [5.41, 5.74) is 4.52. The van der Waals surface area contributed by atoms with E-state index in [1.54, 1.807) is 91.0 Å². The maximum atomic E-state index is 12.9. The van der Waals surface area contributed by atoms with Gasteiger partial charge in [-0.05, 0) is 140 Å². The molecule has 0 amide bonds. The molecule has 17 heteroatoms. The van der Waals surface area contributed by atoms with Gasteiger partial charge < -0.3 is 19.7 Å². The molecule has 6 rings (SSSR count). The number of hydrogen-bond donors (Lipinski definition) is 4. The number of alkyl halides is 3. The molecule has 12 nitrogen and oxygen atoms in total. The molecule has 0 aliphatic heterocycles. The van der Waals surface area contributed by atoms with Crippen molar-refractivity contribution in [3.05, 3.63) is 179 Å². The van der Waals surface area contributed by atoms with E-state index in [9.17, 15) is 39.6 Å². The fourth-order valence-corrected chi connectivity index (χ4v) is 9.03. The molecule has 0 bridgehead atoms. The van der Waals surface area contributed by atoms with Gasteiger partial charge in [-0.25, -0.2) is 26.4 Å². The molecule has 0 unspecified atom stereocenters. The van der Waals surface area contributed by atoms with Gasteiger partial charge >= 0.3 is 18.3 Å². The first-order chi connectivity index (χ1) is 31.4. The number of ether oxygens (including phenoxy) is 2. The van der Waals surface area contributed by atoms with Crippen LogP contribution in [0.25, 0.3) is 0 Å². The molecule has 0 fully saturated rings. The second kappa shape index (κ2) is 23.4. The minimum absolute atomic E-state index is 0.172. The second-order valence-corrected chi connectivity index (χ2v) is 18.2. The predicted molar refractivity (Wildman–Crippen MR) is 245 cm³/mol. The first kappa shape index (κ1) is 50.2. The molecule has 0 aliphatic carbocycles. The number of sulfonamides is 2. The van der Waals surface area contributed by atoms with E-state index in [1.165, 1.54) is 24.3 Å². The number of halogens is 3. The number of nitrogens with one attached hydrogen (secondary N) is 2. The number of aromatic carboxylic acids is 2. The third-order valence-corrected chi connectivity index (χ3v) is 12.7. The number of carboxylic acid groups (broad SMARTS) is 2. The summed E-state index contributed by atoms with van der Waals surface area (Å²) < 4.78 is 104. The van der Waals surface area contributed by atoms with Crippen LogP contribution in [0.1, 0.15) is 75.6 Å². The minimum atomic E-state index is -5.04. The molecule has 0 heterocycles. The monoisotopic (exact) mass is 946 g/mol. The highest BCUT2D eigenvalue weighted by Gasteiger charge is 2.34. The zero-order valence-electron chi connectivity index (χ0n) is 35.8. The van der Waals surface area contributed by atoms with Crippen molar-refractivity contribution in [2.45, 2.75) is 74.4 Å². The molecule has 0 spiro atoms. The van der Waals surface area contributed by atoms with Crippen molar-refractivity contribution in [3.63, 3.8) is 0 Å². The lowest BCUT2D eigenvalue weighted by atomic mass is 10.0. The van der Waals surface area contributed by atoms with Crippen molar-refractivity contribution < 1.29 is 59.3 Å². The SMILES string of the molecule is CCCCOc1ccc(S(=O)(=O)Nc2ccccc2CCCc2cccc(C(=O)O)c2)cc1.O=C(O)c1cccc(CCCc2ccccc2NS(=O)(=O)c2ccccc2OC(F)(F)F)c1. The van der Waals surface area contributed by atoms with Crippen LogP contribution in [0.4, 0.5) is 24.5 Å². The van der Waals surface area contributed by atoms with Gasteiger partial charge in [0.15, 0.2) is 0 Å². The molecule has 348 valence electrons. The van der Waals surface area contributed by atoms with Crippen LogP contribution in [0.3, 0.4) is 0 Å². The Morgan fingerprint density at radius 3 is 1.56 bits per heavy atom.